The first-order valence-corrected chi connectivity index (χ1v) is 22.8. The predicted octanol–water partition coefficient (Wildman–Crippen LogP) is 12.5. The first kappa shape index (κ1) is 61.4. The van der Waals surface area contributed by atoms with Crippen LogP contribution in [0, 0.1) is 35.5 Å². The zero-order valence-corrected chi connectivity index (χ0v) is 39.7. The van der Waals surface area contributed by atoms with Crippen molar-refractivity contribution in [1.29, 1.82) is 0 Å². The van der Waals surface area contributed by atoms with Crippen molar-refractivity contribution in [2.75, 3.05) is 27.2 Å². The van der Waals surface area contributed by atoms with Crippen molar-refractivity contribution in [2.45, 2.75) is 232 Å². The molecule has 53 heavy (non-hydrogen) atoms. The summed E-state index contributed by atoms with van der Waals surface area (Å²) >= 11 is 0. The number of nitrogens with zero attached hydrogens (tertiary/aromatic N) is 1. The maximum Gasteiger partial charge on any atom is 0.146 e. The van der Waals surface area contributed by atoms with Gasteiger partial charge in [0.1, 0.15) is 11.6 Å². The van der Waals surface area contributed by atoms with Crippen molar-refractivity contribution in [3.63, 3.8) is 0 Å². The maximum atomic E-state index is 12.6. The van der Waals surface area contributed by atoms with E-state index < -0.39 is 5.92 Å². The van der Waals surface area contributed by atoms with Gasteiger partial charge >= 0.3 is 0 Å². The van der Waals surface area contributed by atoms with Gasteiger partial charge < -0.3 is 21.1 Å². The monoisotopic (exact) mass is 758 g/mol. The summed E-state index contributed by atoms with van der Waals surface area (Å²) in [5.74, 6) is 1.75. The molecule has 6 nitrogen and oxygen atoms in total. The SMILES string of the molecule is CC.CC(N)CC(CCO)N(C)C.CCCC(C)C(C)C(C)C(=O)C(C(C)=O)C(C)CC.CCCC(CCC)NCC.CCCCCCC(C)CCC. The van der Waals surface area contributed by atoms with Crippen molar-refractivity contribution in [3.05, 3.63) is 0 Å². The molecule has 0 aromatic rings. The quantitative estimate of drug-likeness (QED) is 0.0570. The lowest BCUT2D eigenvalue weighted by Crippen LogP contribution is -2.36. The van der Waals surface area contributed by atoms with Gasteiger partial charge in [0.2, 0.25) is 0 Å². The molecule has 0 spiro atoms. The highest BCUT2D eigenvalue weighted by Crippen LogP contribution is 2.30. The molecule has 0 radical (unpaired) electrons. The number of hydrogen-bond donors (Lipinski definition) is 3. The normalized spacial score (nSPS) is 15.4. The molecule has 0 rings (SSSR count). The summed E-state index contributed by atoms with van der Waals surface area (Å²) in [6, 6.07) is 1.41. The molecule has 0 amide bonds. The summed E-state index contributed by atoms with van der Waals surface area (Å²) in [5.41, 5.74) is 5.65. The minimum Gasteiger partial charge on any atom is -0.396 e. The smallest absolute Gasteiger partial charge is 0.146 e. The van der Waals surface area contributed by atoms with Crippen LogP contribution in [0.4, 0.5) is 0 Å². The van der Waals surface area contributed by atoms with E-state index in [1.807, 2.05) is 55.6 Å². The van der Waals surface area contributed by atoms with Crippen LogP contribution in [0.25, 0.3) is 0 Å². The van der Waals surface area contributed by atoms with E-state index in [-0.39, 0.29) is 36.1 Å². The van der Waals surface area contributed by atoms with Crippen LogP contribution in [-0.4, -0.2) is 66.9 Å². The van der Waals surface area contributed by atoms with Gasteiger partial charge in [-0.2, -0.15) is 0 Å². The van der Waals surface area contributed by atoms with E-state index in [0.717, 1.165) is 50.6 Å². The number of rotatable bonds is 27. The third-order valence-electron chi connectivity index (χ3n) is 10.8. The zero-order chi connectivity index (χ0) is 42.4. The second-order valence-corrected chi connectivity index (χ2v) is 16.2. The van der Waals surface area contributed by atoms with Crippen LogP contribution >= 0.6 is 0 Å². The molecule has 0 aliphatic rings. The van der Waals surface area contributed by atoms with Gasteiger partial charge in [0.05, 0.1) is 5.92 Å². The van der Waals surface area contributed by atoms with E-state index in [0.29, 0.717) is 17.9 Å². The second kappa shape index (κ2) is 43.9. The van der Waals surface area contributed by atoms with Crippen LogP contribution in [0.1, 0.15) is 214 Å². The largest absolute Gasteiger partial charge is 0.396 e. The number of Topliss-reactive ketones (excluding diaryl/α,β-unsaturated/α-hetero) is 2. The van der Waals surface area contributed by atoms with E-state index >= 15 is 0 Å². The predicted molar refractivity (Wildman–Crippen MR) is 240 cm³/mol. The molecule has 0 saturated carbocycles. The Kier molecular flexibility index (Phi) is 50.9. The molecule has 0 aromatic carbocycles. The Morgan fingerprint density at radius 2 is 1.19 bits per heavy atom. The number of aliphatic hydroxyl groups is 1. The van der Waals surface area contributed by atoms with Gasteiger partial charge in [-0.05, 0) is 83.8 Å². The van der Waals surface area contributed by atoms with E-state index in [4.69, 9.17) is 10.8 Å². The lowest BCUT2D eigenvalue weighted by atomic mass is 9.73. The molecule has 8 atom stereocenters. The van der Waals surface area contributed by atoms with E-state index in [9.17, 15) is 9.59 Å². The molecule has 0 heterocycles. The number of hydrogen-bond acceptors (Lipinski definition) is 6. The lowest BCUT2D eigenvalue weighted by Gasteiger charge is -2.29. The summed E-state index contributed by atoms with van der Waals surface area (Å²) in [5, 5.41) is 12.2. The fourth-order valence-corrected chi connectivity index (χ4v) is 6.93. The van der Waals surface area contributed by atoms with Gasteiger partial charge in [-0.15, -0.1) is 0 Å². The Balaban J connectivity index is -0.000000198. The molecule has 6 heteroatoms. The average molecular weight is 758 g/mol. The Bertz CT molecular complexity index is 730. The third kappa shape index (κ3) is 37.9. The fraction of sp³-hybridized carbons (Fsp3) is 0.957. The summed E-state index contributed by atoms with van der Waals surface area (Å²) in [6.07, 6.45) is 20.1. The molecule has 0 bridgehead atoms. The highest BCUT2D eigenvalue weighted by Gasteiger charge is 2.34. The highest BCUT2D eigenvalue weighted by atomic mass is 16.3. The topological polar surface area (TPSA) is 95.7 Å². The summed E-state index contributed by atoms with van der Waals surface area (Å²) in [7, 11) is 4.03. The number of carbonyl (C=O) groups excluding carboxylic acids is 2. The van der Waals surface area contributed by atoms with Crippen molar-refractivity contribution < 1.29 is 14.7 Å². The Hall–Kier alpha value is -0.820. The Labute approximate surface area is 335 Å². The van der Waals surface area contributed by atoms with Gasteiger partial charge in [0.25, 0.3) is 0 Å². The van der Waals surface area contributed by atoms with Crippen LogP contribution in [0.15, 0.2) is 0 Å². The number of aliphatic hydroxyl groups excluding tert-OH is 1. The molecule has 0 aliphatic heterocycles. The lowest BCUT2D eigenvalue weighted by molar-refractivity contribution is -0.137. The second-order valence-electron chi connectivity index (χ2n) is 16.2. The van der Waals surface area contributed by atoms with Crippen LogP contribution in [0.2, 0.25) is 0 Å². The first-order valence-electron chi connectivity index (χ1n) is 22.8. The van der Waals surface area contributed by atoms with Crippen molar-refractivity contribution >= 4 is 11.6 Å². The summed E-state index contributed by atoms with van der Waals surface area (Å²) in [6.45, 7) is 35.1. The fourth-order valence-electron chi connectivity index (χ4n) is 6.93. The van der Waals surface area contributed by atoms with Gasteiger partial charge in [-0.25, -0.2) is 0 Å². The summed E-state index contributed by atoms with van der Waals surface area (Å²) in [4.78, 5) is 26.5. The van der Waals surface area contributed by atoms with E-state index in [2.05, 4.69) is 72.5 Å². The van der Waals surface area contributed by atoms with E-state index in [1.165, 1.54) is 70.6 Å². The van der Waals surface area contributed by atoms with Gasteiger partial charge in [-0.1, -0.05) is 174 Å². The molecule has 324 valence electrons. The van der Waals surface area contributed by atoms with Crippen LogP contribution in [-0.2, 0) is 9.59 Å². The molecule has 8 unspecified atom stereocenters. The zero-order valence-electron chi connectivity index (χ0n) is 39.7. The van der Waals surface area contributed by atoms with Gasteiger partial charge in [0.15, 0.2) is 0 Å². The summed E-state index contributed by atoms with van der Waals surface area (Å²) < 4.78 is 0. The number of nitrogens with one attached hydrogen (secondary N) is 1. The molecule has 0 aliphatic carbocycles. The van der Waals surface area contributed by atoms with Crippen LogP contribution in [0.3, 0.4) is 0 Å². The molecule has 0 aromatic heterocycles. The Morgan fingerprint density at radius 1 is 0.679 bits per heavy atom. The number of unbranched alkanes of at least 4 members (excludes halogenated alkanes) is 3. The highest BCUT2D eigenvalue weighted by molar-refractivity contribution is 6.02. The molecule has 0 fully saturated rings. The van der Waals surface area contributed by atoms with Gasteiger partial charge in [-0.3, -0.25) is 9.59 Å². The Morgan fingerprint density at radius 3 is 1.55 bits per heavy atom. The average Bonchev–Trinajstić information content (AvgIpc) is 3.11. The van der Waals surface area contributed by atoms with Crippen molar-refractivity contribution in [1.82, 2.24) is 10.2 Å². The standard InChI is InChI=1S/C17H32O2.C11H24.C9H21N.C8H20N2O.C2H6/c1-8-10-12(4)13(5)14(6)17(19)16(15(7)18)11(3)9-2;1-4-6-7-8-10-11(3)9-5-2;1-4-7-9(8-5-2)10-6-3;1-7(9)6-8(4-5-11)10(2)3;1-2/h11-14,16H,8-10H2,1-7H3;11H,4-10H2,1-3H3;9-10H,4-8H2,1-3H3;7-8,11H,4-6,9H2,1-3H3;1-2H3. The first-order chi connectivity index (χ1) is 25.0. The van der Waals surface area contributed by atoms with Gasteiger partial charge in [0, 0.05) is 30.7 Å². The molecular weight excluding hydrogens is 655 g/mol. The van der Waals surface area contributed by atoms with Crippen molar-refractivity contribution in [3.8, 4) is 0 Å². The van der Waals surface area contributed by atoms with E-state index in [1.54, 1.807) is 6.92 Å². The number of carbonyl (C=O) groups is 2. The number of nitrogens with two attached hydrogens (primary N) is 1. The minimum atomic E-state index is -0.406. The van der Waals surface area contributed by atoms with Crippen molar-refractivity contribution in [2.24, 2.45) is 41.2 Å². The molecule has 4 N–H and O–H groups in total. The number of ketones is 2. The van der Waals surface area contributed by atoms with Crippen LogP contribution < -0.4 is 11.1 Å². The maximum absolute atomic E-state index is 12.6. The van der Waals surface area contributed by atoms with Crippen LogP contribution in [0.5, 0.6) is 0 Å². The molecular formula is C47H103N3O3. The minimum absolute atomic E-state index is 0.0237. The molecule has 0 saturated heterocycles. The third-order valence-corrected chi connectivity index (χ3v) is 10.8.